The molecule has 1 aliphatic rings. The number of ether oxygens (including phenoxy) is 2. The summed E-state index contributed by atoms with van der Waals surface area (Å²) in [6.07, 6.45) is 2.09. The first-order valence-electron chi connectivity index (χ1n) is 6.61. The monoisotopic (exact) mass is 284 g/mol. The Balaban J connectivity index is 1.86. The van der Waals surface area contributed by atoms with Crippen molar-refractivity contribution >= 4 is 22.4 Å². The van der Waals surface area contributed by atoms with Crippen molar-refractivity contribution in [1.29, 1.82) is 0 Å². The summed E-state index contributed by atoms with van der Waals surface area (Å²) in [6.45, 7) is 3.85. The molecule has 106 valence electrons. The molecule has 1 saturated heterocycles. The Morgan fingerprint density at radius 3 is 3.21 bits per heavy atom. The average Bonchev–Trinajstić information content (AvgIpc) is 3.07. The third kappa shape index (κ3) is 3.91. The van der Waals surface area contributed by atoms with E-state index in [0.29, 0.717) is 25.5 Å². The molecule has 0 radical (unpaired) electrons. The van der Waals surface area contributed by atoms with Crippen LogP contribution in [0.2, 0.25) is 0 Å². The number of hydrogen-bond donors (Lipinski definition) is 0. The van der Waals surface area contributed by atoms with Crippen LogP contribution in [0, 0.1) is 0 Å². The van der Waals surface area contributed by atoms with Gasteiger partial charge in [0, 0.05) is 25.5 Å². The van der Waals surface area contributed by atoms with E-state index >= 15 is 0 Å². The van der Waals surface area contributed by atoms with E-state index in [2.05, 4.69) is 9.88 Å². The van der Waals surface area contributed by atoms with Crippen LogP contribution in [0.1, 0.15) is 25.5 Å². The second-order valence-corrected chi connectivity index (χ2v) is 5.39. The first-order valence-corrected chi connectivity index (χ1v) is 7.49. The second kappa shape index (κ2) is 6.86. The highest BCUT2D eigenvalue weighted by Crippen LogP contribution is 2.24. The minimum Gasteiger partial charge on any atom is -0.466 e. The van der Waals surface area contributed by atoms with Crippen molar-refractivity contribution in [1.82, 2.24) is 4.98 Å². The number of rotatable bonds is 6. The molecule has 6 heteroatoms. The molecular weight excluding hydrogens is 264 g/mol. The summed E-state index contributed by atoms with van der Waals surface area (Å²) in [4.78, 5) is 18.0. The van der Waals surface area contributed by atoms with Crippen LogP contribution in [0.25, 0.3) is 0 Å². The Kier molecular flexibility index (Phi) is 5.15. The number of likely N-dealkylation sites (N-methyl/N-ethyl adjacent to an activating group) is 1. The Bertz CT molecular complexity index is 416. The van der Waals surface area contributed by atoms with Gasteiger partial charge < -0.3 is 14.4 Å². The molecule has 2 heterocycles. The molecule has 1 aromatic heterocycles. The molecule has 19 heavy (non-hydrogen) atoms. The number of hydrogen-bond acceptors (Lipinski definition) is 6. The highest BCUT2D eigenvalue weighted by Gasteiger charge is 2.22. The zero-order valence-corrected chi connectivity index (χ0v) is 12.2. The third-order valence-electron chi connectivity index (χ3n) is 3.19. The summed E-state index contributed by atoms with van der Waals surface area (Å²) in [5, 5.41) is 3.01. The van der Waals surface area contributed by atoms with Gasteiger partial charge in [-0.05, 0) is 13.3 Å². The molecule has 1 aromatic rings. The summed E-state index contributed by atoms with van der Waals surface area (Å²) in [5.74, 6) is -0.158. The molecule has 0 bridgehead atoms. The van der Waals surface area contributed by atoms with Crippen LogP contribution < -0.4 is 4.90 Å². The highest BCUT2D eigenvalue weighted by molar-refractivity contribution is 7.13. The van der Waals surface area contributed by atoms with E-state index in [1.54, 1.807) is 11.3 Å². The van der Waals surface area contributed by atoms with Crippen molar-refractivity contribution in [3.63, 3.8) is 0 Å². The molecule has 2 rings (SSSR count). The molecule has 0 spiro atoms. The lowest BCUT2D eigenvalue weighted by atomic mass is 10.2. The van der Waals surface area contributed by atoms with Crippen molar-refractivity contribution in [2.75, 3.05) is 31.8 Å². The summed E-state index contributed by atoms with van der Waals surface area (Å²) in [6, 6.07) is 0.420. The van der Waals surface area contributed by atoms with Crippen molar-refractivity contribution in [3.05, 3.63) is 11.1 Å². The molecule has 0 aliphatic carbocycles. The molecule has 5 nitrogen and oxygen atoms in total. The maximum Gasteiger partial charge on any atom is 0.306 e. The topological polar surface area (TPSA) is 51.7 Å². The van der Waals surface area contributed by atoms with E-state index in [9.17, 15) is 4.79 Å². The molecule has 0 aromatic carbocycles. The Morgan fingerprint density at radius 1 is 1.68 bits per heavy atom. The van der Waals surface area contributed by atoms with Gasteiger partial charge in [-0.25, -0.2) is 4.98 Å². The van der Waals surface area contributed by atoms with Crippen LogP contribution in [0.5, 0.6) is 0 Å². The molecule has 1 aliphatic heterocycles. The minimum absolute atomic E-state index is 0.158. The number of carbonyl (C=O) groups excluding carboxylic acids is 1. The van der Waals surface area contributed by atoms with E-state index < -0.39 is 0 Å². The lowest BCUT2D eigenvalue weighted by Crippen LogP contribution is -2.31. The SMILES string of the molecule is CCOC(=O)CCc1csc(N(C)C2CCOC2)n1. The van der Waals surface area contributed by atoms with Crippen molar-refractivity contribution in [2.24, 2.45) is 0 Å². The zero-order valence-electron chi connectivity index (χ0n) is 11.4. The van der Waals surface area contributed by atoms with E-state index in [0.717, 1.165) is 30.5 Å². The summed E-state index contributed by atoms with van der Waals surface area (Å²) < 4.78 is 10.3. The number of thiazole rings is 1. The van der Waals surface area contributed by atoms with Gasteiger partial charge in [0.2, 0.25) is 0 Å². The summed E-state index contributed by atoms with van der Waals surface area (Å²) >= 11 is 1.62. The lowest BCUT2D eigenvalue weighted by Gasteiger charge is -2.21. The fourth-order valence-corrected chi connectivity index (χ4v) is 2.92. The van der Waals surface area contributed by atoms with Gasteiger partial charge in [-0.15, -0.1) is 11.3 Å². The normalized spacial score (nSPS) is 18.5. The average molecular weight is 284 g/mol. The second-order valence-electron chi connectivity index (χ2n) is 4.55. The first kappa shape index (κ1) is 14.3. The summed E-state index contributed by atoms with van der Waals surface area (Å²) in [5.41, 5.74) is 0.957. The number of anilines is 1. The standard InChI is InChI=1S/C13H20N2O3S/c1-3-18-12(16)5-4-10-9-19-13(14-10)15(2)11-6-7-17-8-11/h9,11H,3-8H2,1-2H3. The number of aryl methyl sites for hydroxylation is 1. The van der Waals surface area contributed by atoms with Gasteiger partial charge in [0.25, 0.3) is 0 Å². The largest absolute Gasteiger partial charge is 0.466 e. The molecular formula is C13H20N2O3S. The predicted molar refractivity (Wildman–Crippen MR) is 74.7 cm³/mol. The maximum absolute atomic E-state index is 11.3. The van der Waals surface area contributed by atoms with E-state index in [1.165, 1.54) is 0 Å². The molecule has 1 fully saturated rings. The van der Waals surface area contributed by atoms with Gasteiger partial charge in [0.05, 0.1) is 31.4 Å². The lowest BCUT2D eigenvalue weighted by molar-refractivity contribution is -0.143. The molecule has 0 amide bonds. The van der Waals surface area contributed by atoms with Gasteiger partial charge in [0.1, 0.15) is 0 Å². The van der Waals surface area contributed by atoms with Gasteiger partial charge >= 0.3 is 5.97 Å². The Morgan fingerprint density at radius 2 is 2.53 bits per heavy atom. The van der Waals surface area contributed by atoms with Gasteiger partial charge in [-0.2, -0.15) is 0 Å². The van der Waals surface area contributed by atoms with Crippen LogP contribution in [-0.4, -0.2) is 43.9 Å². The number of aromatic nitrogens is 1. The van der Waals surface area contributed by atoms with Crippen LogP contribution in [0.15, 0.2) is 5.38 Å². The molecule has 1 atom stereocenters. The molecule has 0 saturated carbocycles. The van der Waals surface area contributed by atoms with E-state index in [1.807, 2.05) is 19.4 Å². The van der Waals surface area contributed by atoms with Crippen LogP contribution >= 0.6 is 11.3 Å². The van der Waals surface area contributed by atoms with Gasteiger partial charge in [-0.1, -0.05) is 0 Å². The number of carbonyl (C=O) groups is 1. The van der Waals surface area contributed by atoms with Crippen LogP contribution in [-0.2, 0) is 20.7 Å². The predicted octanol–water partition coefficient (Wildman–Crippen LogP) is 1.86. The highest BCUT2D eigenvalue weighted by atomic mass is 32.1. The summed E-state index contributed by atoms with van der Waals surface area (Å²) in [7, 11) is 2.05. The quantitative estimate of drug-likeness (QED) is 0.746. The fourth-order valence-electron chi connectivity index (χ4n) is 2.02. The van der Waals surface area contributed by atoms with E-state index in [4.69, 9.17) is 9.47 Å². The third-order valence-corrected chi connectivity index (χ3v) is 4.17. The fraction of sp³-hybridized carbons (Fsp3) is 0.692. The number of esters is 1. The van der Waals surface area contributed by atoms with Crippen molar-refractivity contribution < 1.29 is 14.3 Å². The first-order chi connectivity index (χ1) is 9.20. The minimum atomic E-state index is -0.158. The molecule has 0 N–H and O–H groups in total. The van der Waals surface area contributed by atoms with Crippen molar-refractivity contribution in [3.8, 4) is 0 Å². The zero-order chi connectivity index (χ0) is 13.7. The van der Waals surface area contributed by atoms with Gasteiger partial charge in [0.15, 0.2) is 5.13 Å². The van der Waals surface area contributed by atoms with Crippen LogP contribution in [0.4, 0.5) is 5.13 Å². The van der Waals surface area contributed by atoms with Crippen molar-refractivity contribution in [2.45, 2.75) is 32.2 Å². The Hall–Kier alpha value is -1.14. The molecule has 1 unspecified atom stereocenters. The van der Waals surface area contributed by atoms with Gasteiger partial charge in [-0.3, -0.25) is 4.79 Å². The van der Waals surface area contributed by atoms with Crippen LogP contribution in [0.3, 0.4) is 0 Å². The smallest absolute Gasteiger partial charge is 0.306 e. The maximum atomic E-state index is 11.3. The number of nitrogens with zero attached hydrogens (tertiary/aromatic N) is 2. The van der Waals surface area contributed by atoms with E-state index in [-0.39, 0.29) is 5.97 Å². The Labute approximate surface area is 117 Å².